The lowest BCUT2D eigenvalue weighted by molar-refractivity contribution is 0.301. The molecule has 0 heterocycles. The van der Waals surface area contributed by atoms with Gasteiger partial charge < -0.3 is 10.5 Å². The van der Waals surface area contributed by atoms with Crippen molar-refractivity contribution in [2.45, 2.75) is 50.0 Å². The third-order valence-corrected chi connectivity index (χ3v) is 5.71. The summed E-state index contributed by atoms with van der Waals surface area (Å²) >= 11 is 0. The van der Waals surface area contributed by atoms with Gasteiger partial charge in [-0.25, -0.2) is 13.1 Å². The minimum Gasteiger partial charge on any atom is -0.495 e. The predicted octanol–water partition coefficient (Wildman–Crippen LogP) is 2.52. The van der Waals surface area contributed by atoms with Gasteiger partial charge in [0.05, 0.1) is 17.7 Å². The minimum atomic E-state index is -3.52. The summed E-state index contributed by atoms with van der Waals surface area (Å²) in [5.41, 5.74) is 6.12. The van der Waals surface area contributed by atoms with Gasteiger partial charge in [0.1, 0.15) is 5.75 Å². The average molecular weight is 312 g/mol. The molecule has 5 nitrogen and oxygen atoms in total. The first-order valence-electron chi connectivity index (χ1n) is 7.42. The van der Waals surface area contributed by atoms with Crippen LogP contribution in [0, 0.1) is 5.92 Å². The fraction of sp³-hybridized carbons (Fsp3) is 0.600. The molecule has 1 aliphatic rings. The van der Waals surface area contributed by atoms with E-state index < -0.39 is 10.0 Å². The smallest absolute Gasteiger partial charge is 0.240 e. The summed E-state index contributed by atoms with van der Waals surface area (Å²) < 4.78 is 32.7. The Morgan fingerprint density at radius 1 is 1.38 bits per heavy atom. The van der Waals surface area contributed by atoms with Crippen molar-refractivity contribution in [2.24, 2.45) is 5.92 Å². The number of sulfonamides is 1. The van der Waals surface area contributed by atoms with Crippen molar-refractivity contribution in [3.05, 3.63) is 18.2 Å². The molecule has 1 fully saturated rings. The topological polar surface area (TPSA) is 81.4 Å². The SMILES string of the molecule is CCC1CCCC(NS(=O)(=O)c2ccc(OC)c(N)c2)C1. The summed E-state index contributed by atoms with van der Waals surface area (Å²) in [6.45, 7) is 2.16. The van der Waals surface area contributed by atoms with Gasteiger partial charge >= 0.3 is 0 Å². The van der Waals surface area contributed by atoms with Crippen LogP contribution in [-0.4, -0.2) is 21.6 Å². The lowest BCUT2D eigenvalue weighted by Crippen LogP contribution is -2.38. The number of methoxy groups -OCH3 is 1. The van der Waals surface area contributed by atoms with Crippen LogP contribution >= 0.6 is 0 Å². The third-order valence-electron chi connectivity index (χ3n) is 4.19. The number of nitrogen functional groups attached to an aromatic ring is 1. The van der Waals surface area contributed by atoms with E-state index in [0.717, 1.165) is 25.7 Å². The quantitative estimate of drug-likeness (QED) is 0.819. The highest BCUT2D eigenvalue weighted by atomic mass is 32.2. The van der Waals surface area contributed by atoms with E-state index in [-0.39, 0.29) is 10.9 Å². The van der Waals surface area contributed by atoms with Crippen molar-refractivity contribution in [3.8, 4) is 5.75 Å². The van der Waals surface area contributed by atoms with Gasteiger partial charge in [-0.3, -0.25) is 0 Å². The van der Waals surface area contributed by atoms with E-state index in [2.05, 4.69) is 11.6 Å². The van der Waals surface area contributed by atoms with Crippen LogP contribution in [0.15, 0.2) is 23.1 Å². The monoisotopic (exact) mass is 312 g/mol. The molecule has 118 valence electrons. The van der Waals surface area contributed by atoms with E-state index in [4.69, 9.17) is 10.5 Å². The Morgan fingerprint density at radius 3 is 2.76 bits per heavy atom. The van der Waals surface area contributed by atoms with Crippen molar-refractivity contribution in [3.63, 3.8) is 0 Å². The molecule has 21 heavy (non-hydrogen) atoms. The summed E-state index contributed by atoms with van der Waals surface area (Å²) in [6.07, 6.45) is 5.21. The van der Waals surface area contributed by atoms with Crippen LogP contribution in [0.4, 0.5) is 5.69 Å². The van der Waals surface area contributed by atoms with Crippen molar-refractivity contribution in [1.82, 2.24) is 4.72 Å². The zero-order valence-corrected chi connectivity index (χ0v) is 13.4. The average Bonchev–Trinajstić information content (AvgIpc) is 2.47. The van der Waals surface area contributed by atoms with E-state index in [9.17, 15) is 8.42 Å². The van der Waals surface area contributed by atoms with Crippen LogP contribution in [0.2, 0.25) is 0 Å². The molecule has 1 aromatic carbocycles. The maximum atomic E-state index is 12.4. The molecule has 0 amide bonds. The van der Waals surface area contributed by atoms with Crippen LogP contribution in [-0.2, 0) is 10.0 Å². The molecule has 0 spiro atoms. The van der Waals surface area contributed by atoms with Crippen LogP contribution < -0.4 is 15.2 Å². The molecule has 1 aromatic rings. The molecule has 2 unspecified atom stereocenters. The molecule has 0 bridgehead atoms. The fourth-order valence-corrected chi connectivity index (χ4v) is 4.25. The van der Waals surface area contributed by atoms with E-state index >= 15 is 0 Å². The molecule has 3 N–H and O–H groups in total. The predicted molar refractivity (Wildman–Crippen MR) is 83.8 cm³/mol. The molecule has 0 radical (unpaired) electrons. The van der Waals surface area contributed by atoms with Gasteiger partial charge in [0.25, 0.3) is 0 Å². The van der Waals surface area contributed by atoms with Crippen LogP contribution in [0.25, 0.3) is 0 Å². The fourth-order valence-electron chi connectivity index (χ4n) is 2.94. The number of benzene rings is 1. The Kier molecular flexibility index (Phi) is 5.11. The maximum absolute atomic E-state index is 12.4. The van der Waals surface area contributed by atoms with Gasteiger partial charge in [-0.05, 0) is 37.0 Å². The highest BCUT2D eigenvalue weighted by Crippen LogP contribution is 2.29. The zero-order valence-electron chi connectivity index (χ0n) is 12.6. The molecule has 0 aliphatic heterocycles. The molecule has 0 saturated heterocycles. The highest BCUT2D eigenvalue weighted by molar-refractivity contribution is 7.89. The van der Waals surface area contributed by atoms with Crippen molar-refractivity contribution in [2.75, 3.05) is 12.8 Å². The van der Waals surface area contributed by atoms with Gasteiger partial charge in [-0.2, -0.15) is 0 Å². The molecule has 1 aliphatic carbocycles. The zero-order chi connectivity index (χ0) is 15.5. The van der Waals surface area contributed by atoms with E-state index in [1.165, 1.54) is 25.7 Å². The van der Waals surface area contributed by atoms with Crippen molar-refractivity contribution < 1.29 is 13.2 Å². The van der Waals surface area contributed by atoms with Gasteiger partial charge in [0.2, 0.25) is 10.0 Å². The van der Waals surface area contributed by atoms with Crippen LogP contribution in [0.3, 0.4) is 0 Å². The molecule has 0 aromatic heterocycles. The summed E-state index contributed by atoms with van der Waals surface area (Å²) in [5.74, 6) is 1.10. The Morgan fingerprint density at radius 2 is 2.14 bits per heavy atom. The number of anilines is 1. The van der Waals surface area contributed by atoms with E-state index in [1.807, 2.05) is 0 Å². The molecule has 1 saturated carbocycles. The van der Waals surface area contributed by atoms with Gasteiger partial charge in [0.15, 0.2) is 0 Å². The lowest BCUT2D eigenvalue weighted by Gasteiger charge is -2.28. The first-order valence-corrected chi connectivity index (χ1v) is 8.90. The number of rotatable bonds is 5. The van der Waals surface area contributed by atoms with E-state index in [1.54, 1.807) is 6.07 Å². The molecule has 2 rings (SSSR count). The maximum Gasteiger partial charge on any atom is 0.240 e. The van der Waals surface area contributed by atoms with Gasteiger partial charge in [-0.1, -0.05) is 26.2 Å². The number of hydrogen-bond donors (Lipinski definition) is 2. The van der Waals surface area contributed by atoms with E-state index in [0.29, 0.717) is 17.4 Å². The van der Waals surface area contributed by atoms with Crippen molar-refractivity contribution in [1.29, 1.82) is 0 Å². The molecule has 6 heteroatoms. The summed E-state index contributed by atoms with van der Waals surface area (Å²) in [6, 6.07) is 4.58. The summed E-state index contributed by atoms with van der Waals surface area (Å²) in [4.78, 5) is 0.194. The second-order valence-corrected chi connectivity index (χ2v) is 7.38. The standard InChI is InChI=1S/C15H24N2O3S/c1-3-11-5-4-6-12(9-11)17-21(18,19)13-7-8-15(20-2)14(16)10-13/h7-8,10-12,17H,3-6,9,16H2,1-2H3. The van der Waals surface area contributed by atoms with Crippen LogP contribution in [0.5, 0.6) is 5.75 Å². The number of hydrogen-bond acceptors (Lipinski definition) is 4. The first kappa shape index (κ1) is 16.1. The Hall–Kier alpha value is -1.27. The largest absolute Gasteiger partial charge is 0.495 e. The van der Waals surface area contributed by atoms with Crippen LogP contribution in [0.1, 0.15) is 39.0 Å². The minimum absolute atomic E-state index is 0.0250. The number of nitrogens with two attached hydrogens (primary N) is 1. The Bertz CT molecular complexity index is 587. The number of nitrogens with one attached hydrogen (secondary N) is 1. The Labute approximate surface area is 126 Å². The molecule has 2 atom stereocenters. The van der Waals surface area contributed by atoms with Gasteiger partial charge in [0, 0.05) is 6.04 Å². The number of ether oxygens (including phenoxy) is 1. The lowest BCUT2D eigenvalue weighted by atomic mass is 9.85. The van der Waals surface area contributed by atoms with Gasteiger partial charge in [-0.15, -0.1) is 0 Å². The second kappa shape index (κ2) is 6.66. The third kappa shape index (κ3) is 3.89. The summed E-state index contributed by atoms with van der Waals surface area (Å²) in [5, 5.41) is 0. The normalized spacial score (nSPS) is 23.0. The second-order valence-electron chi connectivity index (χ2n) is 5.66. The van der Waals surface area contributed by atoms with Crippen molar-refractivity contribution >= 4 is 15.7 Å². The first-order chi connectivity index (χ1) is 9.96. The Balaban J connectivity index is 2.13. The highest BCUT2D eigenvalue weighted by Gasteiger charge is 2.26. The molecular weight excluding hydrogens is 288 g/mol. The summed E-state index contributed by atoms with van der Waals surface area (Å²) in [7, 11) is -2.02. The molecular formula is C15H24N2O3S.